The Kier molecular flexibility index (Phi) is 5.37. The van der Waals surface area contributed by atoms with E-state index >= 15 is 0 Å². The van der Waals surface area contributed by atoms with Crippen molar-refractivity contribution in [3.63, 3.8) is 0 Å². The third kappa shape index (κ3) is 4.28. The minimum Gasteiger partial charge on any atom is -0.457 e. The van der Waals surface area contributed by atoms with Crippen LogP contribution in [0.25, 0.3) is 0 Å². The van der Waals surface area contributed by atoms with Gasteiger partial charge in [0.15, 0.2) is 0 Å². The van der Waals surface area contributed by atoms with Gasteiger partial charge in [-0.25, -0.2) is 18.4 Å². The molecule has 7 nitrogen and oxygen atoms in total. The van der Waals surface area contributed by atoms with Gasteiger partial charge in [-0.1, -0.05) is 6.07 Å². The molecule has 1 aromatic heterocycles. The summed E-state index contributed by atoms with van der Waals surface area (Å²) < 4.78 is 67.5. The van der Waals surface area contributed by atoms with E-state index in [0.29, 0.717) is 23.3 Å². The normalized spacial score (nSPS) is 14.2. The van der Waals surface area contributed by atoms with Crippen molar-refractivity contribution in [2.75, 3.05) is 17.7 Å². The van der Waals surface area contributed by atoms with Crippen LogP contribution in [-0.2, 0) is 22.4 Å². The van der Waals surface area contributed by atoms with Crippen LogP contribution in [-0.4, -0.2) is 37.1 Å². The number of anilines is 1. The summed E-state index contributed by atoms with van der Waals surface area (Å²) in [4.78, 5) is 22.1. The molecule has 1 aliphatic rings. The van der Waals surface area contributed by atoms with E-state index in [0.717, 1.165) is 18.4 Å². The number of ether oxygens (including phenoxy) is 1. The van der Waals surface area contributed by atoms with E-state index in [4.69, 9.17) is 4.74 Å². The van der Waals surface area contributed by atoms with Gasteiger partial charge in [-0.3, -0.25) is 9.69 Å². The van der Waals surface area contributed by atoms with E-state index < -0.39 is 27.5 Å². The van der Waals surface area contributed by atoms with Crippen LogP contribution >= 0.6 is 0 Å². The van der Waals surface area contributed by atoms with Gasteiger partial charge in [-0.2, -0.15) is 13.2 Å². The Bertz CT molecular complexity index is 1290. The number of carbonyl (C=O) groups excluding carboxylic acids is 1. The summed E-state index contributed by atoms with van der Waals surface area (Å²) in [5.41, 5.74) is 0.148. The number of benzene rings is 2. The van der Waals surface area contributed by atoms with E-state index in [-0.39, 0.29) is 23.3 Å². The number of hydrogen-bond donors (Lipinski definition) is 0. The van der Waals surface area contributed by atoms with Gasteiger partial charge in [0, 0.05) is 30.1 Å². The molecule has 4 rings (SSSR count). The van der Waals surface area contributed by atoms with Crippen LogP contribution in [0.3, 0.4) is 0 Å². The van der Waals surface area contributed by atoms with Gasteiger partial charge in [0.2, 0.25) is 15.0 Å². The number of sulfone groups is 1. The van der Waals surface area contributed by atoms with Crippen LogP contribution in [0.15, 0.2) is 59.9 Å². The van der Waals surface area contributed by atoms with Gasteiger partial charge >= 0.3 is 6.18 Å². The van der Waals surface area contributed by atoms with E-state index in [2.05, 4.69) is 9.97 Å². The Labute approximate surface area is 181 Å². The smallest absolute Gasteiger partial charge is 0.416 e. The SMILES string of the molecule is CS(=O)(=O)c1nccc(N2CCc3c(Oc4ccc(C(F)(F)F)cc4)cccc3C2=O)n1. The Morgan fingerprint density at radius 2 is 1.78 bits per heavy atom. The van der Waals surface area contributed by atoms with E-state index in [1.54, 1.807) is 18.2 Å². The van der Waals surface area contributed by atoms with Gasteiger partial charge < -0.3 is 4.74 Å². The average Bonchev–Trinajstić information content (AvgIpc) is 2.74. The molecule has 0 saturated carbocycles. The summed E-state index contributed by atoms with van der Waals surface area (Å²) in [6.07, 6.45) is -1.83. The Morgan fingerprint density at radius 3 is 2.44 bits per heavy atom. The highest BCUT2D eigenvalue weighted by Crippen LogP contribution is 2.35. The van der Waals surface area contributed by atoms with Crippen LogP contribution in [0.1, 0.15) is 21.5 Å². The van der Waals surface area contributed by atoms with Crippen molar-refractivity contribution in [3.05, 3.63) is 71.4 Å². The molecule has 0 unspecified atom stereocenters. The predicted molar refractivity (Wildman–Crippen MR) is 108 cm³/mol. The third-order valence-corrected chi connectivity index (χ3v) is 5.69. The van der Waals surface area contributed by atoms with Gasteiger partial charge in [0.05, 0.1) is 5.56 Å². The summed E-state index contributed by atoms with van der Waals surface area (Å²) in [5, 5.41) is -0.381. The van der Waals surface area contributed by atoms with E-state index in [9.17, 15) is 26.4 Å². The van der Waals surface area contributed by atoms with Crippen LogP contribution in [0.5, 0.6) is 11.5 Å². The molecule has 0 atom stereocenters. The lowest BCUT2D eigenvalue weighted by Crippen LogP contribution is -2.38. The number of aromatic nitrogens is 2. The van der Waals surface area contributed by atoms with Crippen LogP contribution in [0.4, 0.5) is 19.0 Å². The quantitative estimate of drug-likeness (QED) is 0.546. The van der Waals surface area contributed by atoms with Gasteiger partial charge in [-0.05, 0) is 48.9 Å². The second kappa shape index (κ2) is 7.90. The molecule has 0 fully saturated rings. The molecule has 0 aliphatic carbocycles. The maximum Gasteiger partial charge on any atom is 0.416 e. The summed E-state index contributed by atoms with van der Waals surface area (Å²) >= 11 is 0. The highest BCUT2D eigenvalue weighted by Gasteiger charge is 2.31. The number of hydrogen-bond acceptors (Lipinski definition) is 6. The van der Waals surface area contributed by atoms with Gasteiger partial charge in [0.1, 0.15) is 17.3 Å². The van der Waals surface area contributed by atoms with E-state index in [1.165, 1.54) is 29.3 Å². The van der Waals surface area contributed by atoms with Crippen LogP contribution in [0.2, 0.25) is 0 Å². The first-order valence-electron chi connectivity index (χ1n) is 9.36. The molecule has 1 aliphatic heterocycles. The summed E-state index contributed by atoms with van der Waals surface area (Å²) in [5.74, 6) is 0.317. The minimum absolute atomic E-state index is 0.158. The molecule has 3 aromatic rings. The molecule has 0 N–H and O–H groups in total. The fourth-order valence-electron chi connectivity index (χ4n) is 3.31. The van der Waals surface area contributed by atoms with Gasteiger partial charge in [-0.15, -0.1) is 0 Å². The number of amides is 1. The van der Waals surface area contributed by atoms with Crippen molar-refractivity contribution in [1.29, 1.82) is 0 Å². The van der Waals surface area contributed by atoms with Crippen molar-refractivity contribution >= 4 is 21.6 Å². The number of nitrogens with zero attached hydrogens (tertiary/aromatic N) is 3. The topological polar surface area (TPSA) is 89.5 Å². The molecule has 0 saturated heterocycles. The number of alkyl halides is 3. The molecule has 0 radical (unpaired) electrons. The standard InChI is InChI=1S/C21H16F3N3O4S/c1-32(29,30)20-25-11-9-18(26-20)27-12-10-15-16(19(27)28)3-2-4-17(15)31-14-7-5-13(6-8-14)21(22,23)24/h2-9,11H,10,12H2,1H3. The highest BCUT2D eigenvalue weighted by atomic mass is 32.2. The Balaban J connectivity index is 1.62. The summed E-state index contributed by atoms with van der Waals surface area (Å²) in [6, 6.07) is 10.5. The number of rotatable bonds is 4. The van der Waals surface area contributed by atoms with Crippen molar-refractivity contribution in [1.82, 2.24) is 9.97 Å². The third-order valence-electron chi connectivity index (χ3n) is 4.83. The maximum absolute atomic E-state index is 13.1. The maximum atomic E-state index is 13.1. The molecule has 2 heterocycles. The number of halogens is 3. The van der Waals surface area contributed by atoms with Crippen molar-refractivity contribution in [3.8, 4) is 11.5 Å². The zero-order valence-corrected chi connectivity index (χ0v) is 17.4. The van der Waals surface area contributed by atoms with Crippen molar-refractivity contribution in [2.24, 2.45) is 0 Å². The first-order valence-corrected chi connectivity index (χ1v) is 11.2. The lowest BCUT2D eigenvalue weighted by Gasteiger charge is -2.28. The monoisotopic (exact) mass is 463 g/mol. The lowest BCUT2D eigenvalue weighted by molar-refractivity contribution is -0.137. The molecular formula is C21H16F3N3O4S. The van der Waals surface area contributed by atoms with Gasteiger partial charge in [0.25, 0.3) is 5.91 Å². The van der Waals surface area contributed by atoms with Crippen molar-refractivity contribution in [2.45, 2.75) is 17.8 Å². The van der Waals surface area contributed by atoms with Crippen molar-refractivity contribution < 1.29 is 31.1 Å². The highest BCUT2D eigenvalue weighted by molar-refractivity contribution is 7.90. The Hall–Kier alpha value is -3.47. The minimum atomic E-state index is -4.45. The first-order chi connectivity index (χ1) is 15.0. The second-order valence-electron chi connectivity index (χ2n) is 7.08. The molecule has 0 bridgehead atoms. The molecular weight excluding hydrogens is 447 g/mol. The largest absolute Gasteiger partial charge is 0.457 e. The molecule has 2 aromatic carbocycles. The van der Waals surface area contributed by atoms with Crippen LogP contribution in [0, 0.1) is 0 Å². The average molecular weight is 463 g/mol. The summed E-state index contributed by atoms with van der Waals surface area (Å²) in [6.45, 7) is 0.208. The number of fused-ring (bicyclic) bond motifs is 1. The predicted octanol–water partition coefficient (Wildman–Crippen LogP) is 3.89. The fraction of sp³-hybridized carbons (Fsp3) is 0.190. The molecule has 11 heteroatoms. The lowest BCUT2D eigenvalue weighted by atomic mass is 9.98. The zero-order valence-electron chi connectivity index (χ0n) is 16.6. The first kappa shape index (κ1) is 21.8. The molecule has 166 valence electrons. The summed E-state index contributed by atoms with van der Waals surface area (Å²) in [7, 11) is -3.65. The Morgan fingerprint density at radius 1 is 1.06 bits per heavy atom. The molecule has 1 amide bonds. The fourth-order valence-corrected chi connectivity index (χ4v) is 3.82. The second-order valence-corrected chi connectivity index (χ2v) is 8.99. The number of carbonyl (C=O) groups is 1. The van der Waals surface area contributed by atoms with E-state index in [1.807, 2.05) is 0 Å². The molecule has 0 spiro atoms. The molecule has 32 heavy (non-hydrogen) atoms. The van der Waals surface area contributed by atoms with Crippen LogP contribution < -0.4 is 9.64 Å². The zero-order chi connectivity index (χ0) is 23.1.